The average Bonchev–Trinajstić information content (AvgIpc) is 2.95. The molecule has 0 aliphatic rings. The molecule has 0 N–H and O–H groups in total. The summed E-state index contributed by atoms with van der Waals surface area (Å²) < 4.78 is 48.4. The lowest BCUT2D eigenvalue weighted by Gasteiger charge is -2.17. The first-order valence-electron chi connectivity index (χ1n) is 8.97. The molecule has 3 rings (SSSR count). The fourth-order valence-electron chi connectivity index (χ4n) is 2.93. The van der Waals surface area contributed by atoms with Crippen molar-refractivity contribution in [1.29, 1.82) is 0 Å². The van der Waals surface area contributed by atoms with Crippen LogP contribution < -0.4 is 0 Å². The molecule has 1 aromatic carbocycles. The van der Waals surface area contributed by atoms with Gasteiger partial charge in [0, 0.05) is 31.2 Å². The number of aromatic nitrogens is 2. The van der Waals surface area contributed by atoms with Crippen LogP contribution in [0.1, 0.15) is 12.0 Å². The van der Waals surface area contributed by atoms with E-state index in [1.165, 1.54) is 0 Å². The third-order valence-corrected chi connectivity index (χ3v) is 6.37. The fraction of sp³-hybridized carbons (Fsp3) is 0.350. The van der Waals surface area contributed by atoms with Gasteiger partial charge in [0.15, 0.2) is 0 Å². The summed E-state index contributed by atoms with van der Waals surface area (Å²) in [7, 11) is -1.27. The van der Waals surface area contributed by atoms with Gasteiger partial charge in [-0.25, -0.2) is 18.2 Å². The van der Waals surface area contributed by atoms with E-state index in [0.29, 0.717) is 17.9 Å². The van der Waals surface area contributed by atoms with Crippen LogP contribution in [0.5, 0.6) is 0 Å². The lowest BCUT2D eigenvalue weighted by molar-refractivity contribution is 0.0908. The van der Waals surface area contributed by atoms with Crippen LogP contribution >= 0.6 is 11.6 Å². The van der Waals surface area contributed by atoms with Crippen LogP contribution in [0.4, 0.5) is 13.2 Å². The summed E-state index contributed by atoms with van der Waals surface area (Å²) in [5, 5.41) is 1.01. The summed E-state index contributed by atoms with van der Waals surface area (Å²) in [6, 6.07) is 9.34. The minimum atomic E-state index is -2.73. The van der Waals surface area contributed by atoms with E-state index in [4.69, 9.17) is 16.3 Å². The highest BCUT2D eigenvalue weighted by Crippen LogP contribution is 2.35. The Morgan fingerprint density at radius 1 is 1.14 bits per heavy atom. The molecule has 0 saturated carbocycles. The van der Waals surface area contributed by atoms with E-state index in [9.17, 15) is 13.2 Å². The maximum Gasteiger partial charge on any atom is 0.264 e. The van der Waals surface area contributed by atoms with Crippen molar-refractivity contribution in [3.05, 3.63) is 52.9 Å². The largest absolute Gasteiger partial charge is 0.361 e. The minimum Gasteiger partial charge on any atom is -0.361 e. The summed E-state index contributed by atoms with van der Waals surface area (Å²) >= 11 is 6.03. The van der Waals surface area contributed by atoms with Crippen molar-refractivity contribution in [2.45, 2.75) is 38.8 Å². The van der Waals surface area contributed by atoms with Gasteiger partial charge in [-0.3, -0.25) is 0 Å². The first-order valence-corrected chi connectivity index (χ1v) is 13.1. The molecule has 28 heavy (non-hydrogen) atoms. The van der Waals surface area contributed by atoms with Crippen LogP contribution in [-0.2, 0) is 11.5 Å². The Morgan fingerprint density at radius 2 is 1.89 bits per heavy atom. The van der Waals surface area contributed by atoms with Crippen LogP contribution in [-0.4, -0.2) is 24.2 Å². The van der Waals surface area contributed by atoms with E-state index in [-0.39, 0.29) is 23.0 Å². The second-order valence-corrected chi connectivity index (χ2v) is 13.9. The zero-order valence-electron chi connectivity index (χ0n) is 16.0. The van der Waals surface area contributed by atoms with E-state index in [1.807, 2.05) is 0 Å². The van der Waals surface area contributed by atoms with E-state index >= 15 is 0 Å². The Kier molecular flexibility index (Phi) is 6.17. The Morgan fingerprint density at radius 3 is 2.57 bits per heavy atom. The van der Waals surface area contributed by atoms with E-state index in [0.717, 1.165) is 29.6 Å². The van der Waals surface area contributed by atoms with Gasteiger partial charge in [0.05, 0.1) is 5.69 Å². The summed E-state index contributed by atoms with van der Waals surface area (Å²) in [5.41, 5.74) is 0.823. The Labute approximate surface area is 168 Å². The molecule has 2 aromatic heterocycles. The molecular formula is C20H22ClF3N2OSi. The topological polar surface area (TPSA) is 27.1 Å². The van der Waals surface area contributed by atoms with Gasteiger partial charge in [0.1, 0.15) is 23.3 Å². The first kappa shape index (κ1) is 20.9. The highest BCUT2D eigenvalue weighted by Gasteiger charge is 2.20. The predicted molar refractivity (Wildman–Crippen MR) is 109 cm³/mol. The molecule has 0 atom stereocenters. The summed E-state index contributed by atoms with van der Waals surface area (Å²) in [4.78, 5) is 4.32. The molecule has 8 heteroatoms. The van der Waals surface area contributed by atoms with Crippen LogP contribution in [0.25, 0.3) is 22.3 Å². The zero-order chi connectivity index (χ0) is 20.5. The van der Waals surface area contributed by atoms with E-state index < -0.39 is 20.3 Å². The summed E-state index contributed by atoms with van der Waals surface area (Å²) in [5.74, 6) is -0.582. The van der Waals surface area contributed by atoms with E-state index in [1.54, 1.807) is 22.8 Å². The molecule has 0 saturated heterocycles. The predicted octanol–water partition coefficient (Wildman–Crippen LogP) is 6.75. The molecule has 2 heterocycles. The quantitative estimate of drug-likeness (QED) is 0.237. The van der Waals surface area contributed by atoms with Gasteiger partial charge in [-0.15, -0.1) is 0 Å². The number of benzene rings is 1. The van der Waals surface area contributed by atoms with Crippen molar-refractivity contribution < 1.29 is 17.9 Å². The smallest absolute Gasteiger partial charge is 0.264 e. The fourth-order valence-corrected chi connectivity index (χ4v) is 3.83. The number of nitrogens with zero attached hydrogens (tertiary/aromatic N) is 2. The highest BCUT2D eigenvalue weighted by atomic mass is 35.5. The SMILES string of the molecule is C[Si](C)(C)CCOCn1c(-c2cc(F)ccc2C(F)F)cc2ccc(Cl)nc21. The van der Waals surface area contributed by atoms with Crippen LogP contribution in [0.3, 0.4) is 0 Å². The van der Waals surface area contributed by atoms with Crippen LogP contribution in [0.15, 0.2) is 36.4 Å². The molecule has 0 spiro atoms. The maximum atomic E-state index is 13.9. The molecule has 150 valence electrons. The third kappa shape index (κ3) is 4.77. The molecule has 0 radical (unpaired) electrons. The number of alkyl halides is 2. The van der Waals surface area contributed by atoms with Gasteiger partial charge >= 0.3 is 0 Å². The Bertz CT molecular complexity index is 985. The van der Waals surface area contributed by atoms with Gasteiger partial charge in [-0.05, 0) is 42.4 Å². The molecule has 3 nitrogen and oxygen atoms in total. The van der Waals surface area contributed by atoms with Crippen LogP contribution in [0.2, 0.25) is 30.8 Å². The standard InChI is InChI=1S/C20H22ClF3N2OSi/c1-28(2,3)9-8-27-12-26-17(10-13-4-7-18(21)25-20(13)26)16-11-14(22)5-6-15(16)19(23)24/h4-7,10-11,19H,8-9,12H2,1-3H3. The average molecular weight is 427 g/mol. The highest BCUT2D eigenvalue weighted by molar-refractivity contribution is 6.76. The molecule has 0 bridgehead atoms. The second kappa shape index (κ2) is 8.27. The number of hydrogen-bond acceptors (Lipinski definition) is 2. The number of ether oxygens (including phenoxy) is 1. The van der Waals surface area contributed by atoms with Gasteiger partial charge in [-0.1, -0.05) is 31.2 Å². The zero-order valence-corrected chi connectivity index (χ0v) is 17.7. The number of pyridine rings is 1. The van der Waals surface area contributed by atoms with Gasteiger partial charge < -0.3 is 9.30 Å². The van der Waals surface area contributed by atoms with Crippen molar-refractivity contribution in [3.63, 3.8) is 0 Å². The van der Waals surface area contributed by atoms with Crippen molar-refractivity contribution in [3.8, 4) is 11.3 Å². The Balaban J connectivity index is 2.06. The molecular weight excluding hydrogens is 405 g/mol. The number of hydrogen-bond donors (Lipinski definition) is 0. The number of rotatable bonds is 7. The lowest BCUT2D eigenvalue weighted by atomic mass is 10.0. The summed E-state index contributed by atoms with van der Waals surface area (Å²) in [6.07, 6.45) is -2.73. The Hall–Kier alpha value is -1.83. The molecule has 0 unspecified atom stereocenters. The first-order chi connectivity index (χ1) is 13.2. The maximum absolute atomic E-state index is 13.9. The van der Waals surface area contributed by atoms with Gasteiger partial charge in [0.2, 0.25) is 0 Å². The third-order valence-electron chi connectivity index (χ3n) is 4.45. The van der Waals surface area contributed by atoms with Crippen LogP contribution in [0, 0.1) is 5.82 Å². The van der Waals surface area contributed by atoms with Crippen molar-refractivity contribution >= 4 is 30.7 Å². The molecule has 0 amide bonds. The normalized spacial score (nSPS) is 12.3. The monoisotopic (exact) mass is 426 g/mol. The van der Waals surface area contributed by atoms with E-state index in [2.05, 4.69) is 24.6 Å². The number of halogens is 4. The molecule has 0 aliphatic heterocycles. The number of fused-ring (bicyclic) bond motifs is 1. The summed E-state index contributed by atoms with van der Waals surface area (Å²) in [6.45, 7) is 7.41. The molecule has 3 aromatic rings. The van der Waals surface area contributed by atoms with Gasteiger partial charge in [-0.2, -0.15) is 0 Å². The second-order valence-electron chi connectivity index (χ2n) is 7.88. The lowest BCUT2D eigenvalue weighted by Crippen LogP contribution is -2.22. The minimum absolute atomic E-state index is 0.121. The molecule has 0 fully saturated rings. The van der Waals surface area contributed by atoms with Gasteiger partial charge in [0.25, 0.3) is 6.43 Å². The van der Waals surface area contributed by atoms with Crippen molar-refractivity contribution in [1.82, 2.24) is 9.55 Å². The molecule has 0 aliphatic carbocycles. The van der Waals surface area contributed by atoms with Crippen molar-refractivity contribution in [2.75, 3.05) is 6.61 Å². The van der Waals surface area contributed by atoms with Crippen molar-refractivity contribution in [2.24, 2.45) is 0 Å².